The van der Waals surface area contributed by atoms with E-state index in [1.165, 1.54) is 6.07 Å². The summed E-state index contributed by atoms with van der Waals surface area (Å²) in [6.45, 7) is 5.66. The van der Waals surface area contributed by atoms with Crippen LogP contribution in [0.1, 0.15) is 24.0 Å². The van der Waals surface area contributed by atoms with Gasteiger partial charge in [-0.1, -0.05) is 6.92 Å². The Hall–Kier alpha value is -1.75. The second-order valence-electron chi connectivity index (χ2n) is 4.40. The van der Waals surface area contributed by atoms with Crippen molar-refractivity contribution in [1.29, 1.82) is 0 Å². The van der Waals surface area contributed by atoms with Crippen LogP contribution in [-0.4, -0.2) is 16.1 Å². The molecule has 0 unspecified atom stereocenters. The molecule has 19 heavy (non-hydrogen) atoms. The summed E-state index contributed by atoms with van der Waals surface area (Å²) < 4.78 is 28.7. The zero-order chi connectivity index (χ0) is 13.8. The molecule has 0 aliphatic rings. The summed E-state index contributed by atoms with van der Waals surface area (Å²) in [6, 6.07) is 3.51. The van der Waals surface area contributed by atoms with Crippen molar-refractivity contribution < 1.29 is 8.78 Å². The SMILES string of the molecule is CCNCc1cnc(C)n1Cc1cc(F)ccc1F. The van der Waals surface area contributed by atoms with Crippen molar-refractivity contribution in [2.75, 3.05) is 6.54 Å². The van der Waals surface area contributed by atoms with Crippen molar-refractivity contribution in [2.45, 2.75) is 26.9 Å². The van der Waals surface area contributed by atoms with Gasteiger partial charge in [0.1, 0.15) is 17.5 Å². The summed E-state index contributed by atoms with van der Waals surface area (Å²) >= 11 is 0. The van der Waals surface area contributed by atoms with E-state index in [9.17, 15) is 8.78 Å². The van der Waals surface area contributed by atoms with Crippen molar-refractivity contribution in [2.24, 2.45) is 0 Å². The Morgan fingerprint density at radius 2 is 2.11 bits per heavy atom. The van der Waals surface area contributed by atoms with E-state index in [0.29, 0.717) is 12.1 Å². The molecule has 0 fully saturated rings. The van der Waals surface area contributed by atoms with Gasteiger partial charge in [0.15, 0.2) is 0 Å². The van der Waals surface area contributed by atoms with Crippen LogP contribution in [0, 0.1) is 18.6 Å². The summed E-state index contributed by atoms with van der Waals surface area (Å²) in [5.74, 6) is -0.0390. The Balaban J connectivity index is 2.27. The average Bonchev–Trinajstić information content (AvgIpc) is 2.73. The molecule has 0 aliphatic carbocycles. The fourth-order valence-electron chi connectivity index (χ4n) is 1.96. The Bertz CT molecular complexity index is 564. The minimum absolute atomic E-state index is 0.288. The summed E-state index contributed by atoms with van der Waals surface area (Å²) in [6.07, 6.45) is 1.76. The summed E-state index contributed by atoms with van der Waals surface area (Å²) in [5.41, 5.74) is 1.29. The Labute approximate surface area is 111 Å². The van der Waals surface area contributed by atoms with Gasteiger partial charge >= 0.3 is 0 Å². The Kier molecular flexibility index (Phi) is 4.27. The number of aryl methyl sites for hydroxylation is 1. The molecule has 1 aromatic heterocycles. The Morgan fingerprint density at radius 3 is 2.84 bits per heavy atom. The van der Waals surface area contributed by atoms with E-state index in [-0.39, 0.29) is 6.54 Å². The van der Waals surface area contributed by atoms with Crippen LogP contribution >= 0.6 is 0 Å². The number of hydrogen-bond acceptors (Lipinski definition) is 2. The molecular weight excluding hydrogens is 248 g/mol. The lowest BCUT2D eigenvalue weighted by molar-refractivity contribution is 0.567. The molecule has 0 radical (unpaired) electrons. The van der Waals surface area contributed by atoms with Crippen LogP contribution in [0.2, 0.25) is 0 Å². The van der Waals surface area contributed by atoms with Gasteiger partial charge in [0.25, 0.3) is 0 Å². The molecule has 2 rings (SSSR count). The molecule has 0 saturated heterocycles. The van der Waals surface area contributed by atoms with Crippen LogP contribution in [0.15, 0.2) is 24.4 Å². The monoisotopic (exact) mass is 265 g/mol. The number of aromatic nitrogens is 2. The van der Waals surface area contributed by atoms with Gasteiger partial charge in [0.05, 0.1) is 12.2 Å². The first kappa shape index (κ1) is 13.7. The summed E-state index contributed by atoms with van der Waals surface area (Å²) in [5, 5.41) is 3.20. The molecule has 5 heteroatoms. The molecule has 1 aromatic carbocycles. The lowest BCUT2D eigenvalue weighted by Crippen LogP contribution is -2.16. The number of imidazole rings is 1. The molecule has 0 spiro atoms. The molecular formula is C14H17F2N3. The number of nitrogens with one attached hydrogen (secondary N) is 1. The van der Waals surface area contributed by atoms with Gasteiger partial charge in [-0.15, -0.1) is 0 Å². The molecule has 3 nitrogen and oxygen atoms in total. The highest BCUT2D eigenvalue weighted by Crippen LogP contribution is 2.14. The fraction of sp³-hybridized carbons (Fsp3) is 0.357. The van der Waals surface area contributed by atoms with Crippen molar-refractivity contribution in [3.8, 4) is 0 Å². The Morgan fingerprint density at radius 1 is 1.32 bits per heavy atom. The first-order valence-corrected chi connectivity index (χ1v) is 6.27. The number of halogens is 2. The van der Waals surface area contributed by atoms with Gasteiger partial charge in [-0.3, -0.25) is 0 Å². The van der Waals surface area contributed by atoms with E-state index in [1.54, 1.807) is 6.20 Å². The standard InChI is InChI=1S/C14H17F2N3/c1-3-17-7-13-8-18-10(2)19(13)9-11-6-12(15)4-5-14(11)16/h4-6,8,17H,3,7,9H2,1-2H3. The van der Waals surface area contributed by atoms with Crippen LogP contribution in [0.25, 0.3) is 0 Å². The molecule has 1 N–H and O–H groups in total. The first-order valence-electron chi connectivity index (χ1n) is 6.27. The third kappa shape index (κ3) is 3.17. The van der Waals surface area contributed by atoms with Crippen LogP contribution < -0.4 is 5.32 Å². The number of benzene rings is 1. The molecule has 2 aromatic rings. The second-order valence-corrected chi connectivity index (χ2v) is 4.40. The van der Waals surface area contributed by atoms with E-state index in [2.05, 4.69) is 10.3 Å². The third-order valence-corrected chi connectivity index (χ3v) is 3.03. The second kappa shape index (κ2) is 5.93. The minimum Gasteiger partial charge on any atom is -0.326 e. The largest absolute Gasteiger partial charge is 0.326 e. The predicted octanol–water partition coefficient (Wildman–Crippen LogP) is 2.63. The average molecular weight is 265 g/mol. The van der Waals surface area contributed by atoms with Gasteiger partial charge in [-0.2, -0.15) is 0 Å². The maximum Gasteiger partial charge on any atom is 0.128 e. The quantitative estimate of drug-likeness (QED) is 0.900. The van der Waals surface area contributed by atoms with E-state index < -0.39 is 11.6 Å². The van der Waals surface area contributed by atoms with Gasteiger partial charge in [-0.25, -0.2) is 13.8 Å². The highest BCUT2D eigenvalue weighted by atomic mass is 19.1. The van der Waals surface area contributed by atoms with Crippen molar-refractivity contribution in [3.63, 3.8) is 0 Å². The van der Waals surface area contributed by atoms with E-state index in [1.807, 2.05) is 18.4 Å². The van der Waals surface area contributed by atoms with Crippen molar-refractivity contribution >= 4 is 0 Å². The fourth-order valence-corrected chi connectivity index (χ4v) is 1.96. The lowest BCUT2D eigenvalue weighted by Gasteiger charge is -2.11. The summed E-state index contributed by atoms with van der Waals surface area (Å²) in [7, 11) is 0. The molecule has 0 bridgehead atoms. The van der Waals surface area contributed by atoms with E-state index in [4.69, 9.17) is 0 Å². The lowest BCUT2D eigenvalue weighted by atomic mass is 10.2. The number of rotatable bonds is 5. The molecule has 102 valence electrons. The first-order chi connectivity index (χ1) is 9.11. The molecule has 0 aliphatic heterocycles. The zero-order valence-corrected chi connectivity index (χ0v) is 11.1. The maximum atomic E-state index is 13.7. The zero-order valence-electron chi connectivity index (χ0n) is 11.1. The van der Waals surface area contributed by atoms with Gasteiger partial charge < -0.3 is 9.88 Å². The third-order valence-electron chi connectivity index (χ3n) is 3.03. The van der Waals surface area contributed by atoms with Crippen LogP contribution in [-0.2, 0) is 13.1 Å². The van der Waals surface area contributed by atoms with Gasteiger partial charge in [-0.05, 0) is 31.7 Å². The van der Waals surface area contributed by atoms with Crippen LogP contribution in [0.5, 0.6) is 0 Å². The normalized spacial score (nSPS) is 10.9. The van der Waals surface area contributed by atoms with Crippen LogP contribution in [0.3, 0.4) is 0 Å². The van der Waals surface area contributed by atoms with E-state index >= 15 is 0 Å². The minimum atomic E-state index is -0.428. The van der Waals surface area contributed by atoms with E-state index in [0.717, 1.165) is 30.2 Å². The maximum absolute atomic E-state index is 13.7. The van der Waals surface area contributed by atoms with Crippen molar-refractivity contribution in [1.82, 2.24) is 14.9 Å². The topological polar surface area (TPSA) is 29.9 Å². The molecule has 0 saturated carbocycles. The highest BCUT2D eigenvalue weighted by molar-refractivity contribution is 5.20. The van der Waals surface area contributed by atoms with Crippen molar-refractivity contribution in [3.05, 3.63) is 53.1 Å². The molecule has 0 atom stereocenters. The van der Waals surface area contributed by atoms with Gasteiger partial charge in [0.2, 0.25) is 0 Å². The van der Waals surface area contributed by atoms with Crippen LogP contribution in [0.4, 0.5) is 8.78 Å². The smallest absolute Gasteiger partial charge is 0.128 e. The number of hydrogen-bond donors (Lipinski definition) is 1. The predicted molar refractivity (Wildman–Crippen MR) is 69.8 cm³/mol. The molecule has 0 amide bonds. The highest BCUT2D eigenvalue weighted by Gasteiger charge is 2.10. The molecule has 1 heterocycles. The van der Waals surface area contributed by atoms with Gasteiger partial charge in [0, 0.05) is 18.3 Å². The summed E-state index contributed by atoms with van der Waals surface area (Å²) in [4.78, 5) is 4.22. The number of nitrogens with zero attached hydrogens (tertiary/aromatic N) is 2.